The standard InChI is InChI=1S/C59H64F3NO12/c60-59(61,62)58(65)63-32-19-33-68-56-55(72-39-47-30-17-6-18-31-47)53(70-37-45-26-13-4-14-27-45)51(49(74-56)41-67-35-43-22-9-2-10-23-43)75-57-54(71-38-46-28-15-5-16-29-46)52(69-36-44-24-11-3-12-25-44)50(64)48(73-57)40-66-34-42-20-7-1-8-21-42/h1-18,20-31,48-57,64H,19,32-41H2,(H,63,65)/t48?,49-,50+,51-,52+,53?,54?,55?,56+,57+/m1/s1. The lowest BCUT2D eigenvalue weighted by Crippen LogP contribution is -2.66. The van der Waals surface area contributed by atoms with Gasteiger partial charge in [0.05, 0.1) is 59.5 Å². The lowest BCUT2D eigenvalue weighted by Gasteiger charge is -2.49. The van der Waals surface area contributed by atoms with Crippen molar-refractivity contribution in [2.24, 2.45) is 0 Å². The number of hydrogen-bond donors (Lipinski definition) is 2. The van der Waals surface area contributed by atoms with Gasteiger partial charge in [0.2, 0.25) is 0 Å². The Morgan fingerprint density at radius 3 is 1.24 bits per heavy atom. The van der Waals surface area contributed by atoms with Crippen molar-refractivity contribution < 1.29 is 70.4 Å². The molecule has 8 rings (SSSR count). The van der Waals surface area contributed by atoms with Gasteiger partial charge in [0.15, 0.2) is 12.6 Å². The van der Waals surface area contributed by atoms with Crippen LogP contribution in [0.3, 0.4) is 0 Å². The number of carbonyl (C=O) groups excluding carboxylic acids is 1. The third-order valence-corrected chi connectivity index (χ3v) is 12.6. The van der Waals surface area contributed by atoms with Gasteiger partial charge in [-0.2, -0.15) is 13.2 Å². The fourth-order valence-corrected chi connectivity index (χ4v) is 8.71. The highest BCUT2D eigenvalue weighted by molar-refractivity contribution is 5.81. The smallest absolute Gasteiger partial charge is 0.387 e. The van der Waals surface area contributed by atoms with Crippen molar-refractivity contribution in [3.8, 4) is 0 Å². The maximum Gasteiger partial charge on any atom is 0.471 e. The van der Waals surface area contributed by atoms with Crippen LogP contribution in [0.2, 0.25) is 0 Å². The summed E-state index contributed by atoms with van der Waals surface area (Å²) in [6, 6.07) is 57.4. The van der Waals surface area contributed by atoms with Crippen molar-refractivity contribution >= 4 is 5.91 Å². The van der Waals surface area contributed by atoms with Crippen LogP contribution in [-0.2, 0) is 91.8 Å². The van der Waals surface area contributed by atoms with Crippen LogP contribution in [0.15, 0.2) is 182 Å². The average Bonchev–Trinajstić information content (AvgIpc) is 3.45. The molecule has 10 atom stereocenters. The second-order valence-corrected chi connectivity index (χ2v) is 18.2. The molecule has 2 aliphatic rings. The Balaban J connectivity index is 1.16. The van der Waals surface area contributed by atoms with Gasteiger partial charge in [-0.3, -0.25) is 4.79 Å². The summed E-state index contributed by atoms with van der Waals surface area (Å²) in [5.41, 5.74) is 5.21. The van der Waals surface area contributed by atoms with E-state index < -0.39 is 73.5 Å². The van der Waals surface area contributed by atoms with Crippen molar-refractivity contribution in [3.63, 3.8) is 0 Å². The Bertz CT molecular complexity index is 2520. The van der Waals surface area contributed by atoms with Crippen LogP contribution >= 0.6 is 0 Å². The molecule has 0 aliphatic carbocycles. The van der Waals surface area contributed by atoms with Gasteiger partial charge in [0.1, 0.15) is 48.8 Å². The minimum absolute atomic E-state index is 0.00843. The highest BCUT2D eigenvalue weighted by atomic mass is 19.4. The number of nitrogens with one attached hydrogen (secondary N) is 1. The number of alkyl halides is 3. The molecule has 0 bridgehead atoms. The van der Waals surface area contributed by atoms with Crippen LogP contribution < -0.4 is 5.32 Å². The zero-order valence-corrected chi connectivity index (χ0v) is 41.4. The largest absolute Gasteiger partial charge is 0.471 e. The quantitative estimate of drug-likeness (QED) is 0.0476. The third-order valence-electron chi connectivity index (χ3n) is 12.6. The Morgan fingerprint density at radius 2 is 0.813 bits per heavy atom. The van der Waals surface area contributed by atoms with Gasteiger partial charge >= 0.3 is 12.1 Å². The summed E-state index contributed by atoms with van der Waals surface area (Å²) in [5.74, 6) is -2.05. The van der Waals surface area contributed by atoms with E-state index >= 15 is 0 Å². The molecule has 398 valence electrons. The molecule has 0 saturated carbocycles. The van der Waals surface area contributed by atoms with Crippen LogP contribution in [0.5, 0.6) is 0 Å². The molecule has 1 amide bonds. The second-order valence-electron chi connectivity index (χ2n) is 18.2. The van der Waals surface area contributed by atoms with Crippen LogP contribution in [0.1, 0.15) is 39.8 Å². The van der Waals surface area contributed by atoms with E-state index in [1.807, 2.05) is 187 Å². The first-order valence-electron chi connectivity index (χ1n) is 25.1. The molecule has 2 heterocycles. The minimum Gasteiger partial charge on any atom is -0.387 e. The van der Waals surface area contributed by atoms with E-state index in [-0.39, 0.29) is 72.4 Å². The summed E-state index contributed by atoms with van der Waals surface area (Å²) in [7, 11) is 0. The number of halogens is 3. The number of aliphatic hydroxyl groups is 1. The molecule has 75 heavy (non-hydrogen) atoms. The number of carbonyl (C=O) groups is 1. The lowest BCUT2D eigenvalue weighted by atomic mass is 9.96. The first kappa shape index (κ1) is 55.4. The van der Waals surface area contributed by atoms with Crippen molar-refractivity contribution in [1.82, 2.24) is 5.32 Å². The van der Waals surface area contributed by atoms with Crippen molar-refractivity contribution in [1.29, 1.82) is 0 Å². The molecule has 6 aromatic rings. The first-order valence-corrected chi connectivity index (χ1v) is 25.1. The first-order chi connectivity index (χ1) is 36.7. The second kappa shape index (κ2) is 28.9. The Morgan fingerprint density at radius 1 is 0.453 bits per heavy atom. The van der Waals surface area contributed by atoms with E-state index in [4.69, 9.17) is 47.4 Å². The normalized spacial score (nSPS) is 23.9. The summed E-state index contributed by atoms with van der Waals surface area (Å²) in [6.07, 6.45) is -16.0. The monoisotopic (exact) mass is 1040 g/mol. The number of benzene rings is 6. The summed E-state index contributed by atoms with van der Waals surface area (Å²) in [5, 5.41) is 14.2. The molecule has 16 heteroatoms. The Hall–Kier alpha value is -5.86. The molecule has 4 unspecified atom stereocenters. The molecular weight excluding hydrogens is 972 g/mol. The number of ether oxygens (including phenoxy) is 10. The summed E-state index contributed by atoms with van der Waals surface area (Å²) < 4.78 is 106. The van der Waals surface area contributed by atoms with Gasteiger partial charge in [-0.15, -0.1) is 0 Å². The van der Waals surface area contributed by atoms with Gasteiger partial charge in [-0.05, 0) is 39.8 Å². The van der Waals surface area contributed by atoms with Crippen LogP contribution in [0.4, 0.5) is 13.2 Å². The van der Waals surface area contributed by atoms with Gasteiger partial charge in [0.25, 0.3) is 0 Å². The van der Waals surface area contributed by atoms with E-state index in [2.05, 4.69) is 0 Å². The minimum atomic E-state index is -5.04. The zero-order valence-electron chi connectivity index (χ0n) is 41.4. The maximum atomic E-state index is 13.1. The zero-order chi connectivity index (χ0) is 52.1. The van der Waals surface area contributed by atoms with E-state index in [9.17, 15) is 23.1 Å². The number of amides is 1. The van der Waals surface area contributed by atoms with E-state index in [1.54, 1.807) is 0 Å². The molecule has 2 fully saturated rings. The average molecular weight is 1040 g/mol. The Kier molecular flexibility index (Phi) is 21.3. The molecule has 2 N–H and O–H groups in total. The predicted molar refractivity (Wildman–Crippen MR) is 270 cm³/mol. The molecule has 2 saturated heterocycles. The fourth-order valence-electron chi connectivity index (χ4n) is 8.71. The van der Waals surface area contributed by atoms with Crippen molar-refractivity contribution in [3.05, 3.63) is 215 Å². The third kappa shape index (κ3) is 17.1. The number of rotatable bonds is 27. The molecular formula is C59H64F3NO12. The van der Waals surface area contributed by atoms with Crippen LogP contribution in [0.25, 0.3) is 0 Å². The summed E-state index contributed by atoms with van der Waals surface area (Å²) in [6.45, 7) is 0.261. The maximum absolute atomic E-state index is 13.1. The number of hydrogen-bond acceptors (Lipinski definition) is 12. The summed E-state index contributed by atoms with van der Waals surface area (Å²) >= 11 is 0. The van der Waals surface area contributed by atoms with Crippen LogP contribution in [0, 0.1) is 0 Å². The Labute approximate surface area is 435 Å². The molecule has 0 radical (unpaired) electrons. The van der Waals surface area contributed by atoms with Gasteiger partial charge in [0, 0.05) is 6.54 Å². The van der Waals surface area contributed by atoms with E-state index in [0.717, 1.165) is 33.4 Å². The van der Waals surface area contributed by atoms with Crippen molar-refractivity contribution in [2.75, 3.05) is 26.4 Å². The fraction of sp³-hybridized carbons (Fsp3) is 0.373. The van der Waals surface area contributed by atoms with E-state index in [1.165, 1.54) is 0 Å². The molecule has 13 nitrogen and oxygen atoms in total. The van der Waals surface area contributed by atoms with E-state index in [0.29, 0.717) is 0 Å². The van der Waals surface area contributed by atoms with Gasteiger partial charge in [-0.1, -0.05) is 182 Å². The SMILES string of the molecule is O=C(NCCCO[C@H]1O[C@H](COCc2ccccc2)[C@@H](O[C@@H]2OC(COCc3ccccc3)[C@H](O)[C@H](OCc3ccccc3)C2OCc2ccccc2)C(OCc2ccccc2)C1OCc1ccccc1)C(F)(F)F. The summed E-state index contributed by atoms with van der Waals surface area (Å²) in [4.78, 5) is 11.7. The van der Waals surface area contributed by atoms with Crippen LogP contribution in [-0.4, -0.2) is 105 Å². The van der Waals surface area contributed by atoms with Gasteiger partial charge < -0.3 is 57.8 Å². The lowest BCUT2D eigenvalue weighted by molar-refractivity contribution is -0.375. The molecule has 0 spiro atoms. The topological polar surface area (TPSA) is 142 Å². The predicted octanol–water partition coefficient (Wildman–Crippen LogP) is 9.04. The highest BCUT2D eigenvalue weighted by Gasteiger charge is 2.54. The molecule has 2 aliphatic heterocycles. The van der Waals surface area contributed by atoms with Gasteiger partial charge in [-0.25, -0.2) is 0 Å². The van der Waals surface area contributed by atoms with Crippen molar-refractivity contribution in [2.45, 2.75) is 114 Å². The highest BCUT2D eigenvalue weighted by Crippen LogP contribution is 2.36. The number of aliphatic hydroxyl groups excluding tert-OH is 1. The molecule has 6 aromatic carbocycles. The molecule has 0 aromatic heterocycles.